The predicted molar refractivity (Wildman–Crippen MR) is 74.4 cm³/mol. The number of esters is 1. The van der Waals surface area contributed by atoms with Gasteiger partial charge in [-0.3, -0.25) is 14.6 Å². The van der Waals surface area contributed by atoms with Gasteiger partial charge in [-0.2, -0.15) is 0 Å². The van der Waals surface area contributed by atoms with Gasteiger partial charge in [0.25, 0.3) is 5.91 Å². The van der Waals surface area contributed by atoms with E-state index in [0.717, 1.165) is 10.6 Å². The molecule has 6 nitrogen and oxygen atoms in total. The second kappa shape index (κ2) is 6.25. The Balaban J connectivity index is 2.15. The average Bonchev–Trinajstić information content (AvgIpc) is 2.87. The summed E-state index contributed by atoms with van der Waals surface area (Å²) in [5.74, 6) is -0.819. The Morgan fingerprint density at radius 2 is 2.05 bits per heavy atom. The number of amides is 1. The van der Waals surface area contributed by atoms with Crippen LogP contribution in [-0.2, 0) is 9.53 Å². The third-order valence-corrected chi connectivity index (χ3v) is 3.76. The molecule has 0 aliphatic heterocycles. The Kier molecular flexibility index (Phi) is 4.41. The summed E-state index contributed by atoms with van der Waals surface area (Å²) in [5.41, 5.74) is 1.53. The largest absolute Gasteiger partial charge is 0.468 e. The van der Waals surface area contributed by atoms with Gasteiger partial charge in [-0.25, -0.2) is 4.98 Å². The molecular formula is C13H13N3O3S. The van der Waals surface area contributed by atoms with Gasteiger partial charge < -0.3 is 10.1 Å². The van der Waals surface area contributed by atoms with E-state index in [1.54, 1.807) is 19.3 Å². The van der Waals surface area contributed by atoms with Gasteiger partial charge in [0.05, 0.1) is 12.8 Å². The molecule has 0 fully saturated rings. The zero-order chi connectivity index (χ0) is 14.5. The van der Waals surface area contributed by atoms with Gasteiger partial charge in [-0.15, -0.1) is 11.3 Å². The molecule has 1 N–H and O–H groups in total. The van der Waals surface area contributed by atoms with Crippen LogP contribution in [0.1, 0.15) is 15.4 Å². The summed E-state index contributed by atoms with van der Waals surface area (Å²) in [7, 11) is 1.27. The molecule has 1 amide bonds. The summed E-state index contributed by atoms with van der Waals surface area (Å²) in [6, 6.07) is 3.66. The summed E-state index contributed by atoms with van der Waals surface area (Å²) >= 11 is 1.28. The Hall–Kier alpha value is -2.28. The third-order valence-electron chi connectivity index (χ3n) is 2.55. The van der Waals surface area contributed by atoms with Crippen LogP contribution in [0.25, 0.3) is 10.6 Å². The molecule has 0 aliphatic carbocycles. The van der Waals surface area contributed by atoms with E-state index in [-0.39, 0.29) is 12.5 Å². The number of carbonyl (C=O) groups excluding carboxylic acids is 2. The van der Waals surface area contributed by atoms with Crippen LogP contribution in [0, 0.1) is 6.92 Å². The number of hydrogen-bond acceptors (Lipinski definition) is 6. The minimum absolute atomic E-state index is 0.155. The molecule has 0 aromatic carbocycles. The lowest BCUT2D eigenvalue weighted by molar-refractivity contribution is -0.139. The number of aromatic nitrogens is 2. The number of ether oxygens (including phenoxy) is 1. The van der Waals surface area contributed by atoms with Crippen molar-refractivity contribution in [2.24, 2.45) is 0 Å². The number of thiazole rings is 1. The van der Waals surface area contributed by atoms with E-state index >= 15 is 0 Å². The van der Waals surface area contributed by atoms with Crippen molar-refractivity contribution < 1.29 is 14.3 Å². The molecule has 0 aliphatic rings. The van der Waals surface area contributed by atoms with Crippen molar-refractivity contribution in [1.82, 2.24) is 15.3 Å². The highest BCUT2D eigenvalue weighted by Gasteiger charge is 2.16. The van der Waals surface area contributed by atoms with Crippen molar-refractivity contribution in [1.29, 1.82) is 0 Å². The number of nitrogens with one attached hydrogen (secondary N) is 1. The van der Waals surface area contributed by atoms with E-state index in [2.05, 4.69) is 20.0 Å². The Morgan fingerprint density at radius 3 is 2.70 bits per heavy atom. The third kappa shape index (κ3) is 3.18. The number of rotatable bonds is 4. The lowest BCUT2D eigenvalue weighted by Gasteiger charge is -2.01. The number of methoxy groups -OCH3 is 1. The van der Waals surface area contributed by atoms with Crippen LogP contribution in [0.3, 0.4) is 0 Å². The molecule has 2 rings (SSSR count). The molecule has 0 spiro atoms. The molecule has 0 radical (unpaired) electrons. The zero-order valence-electron chi connectivity index (χ0n) is 11.0. The van der Waals surface area contributed by atoms with Crippen LogP contribution in [0.5, 0.6) is 0 Å². The minimum Gasteiger partial charge on any atom is -0.468 e. The van der Waals surface area contributed by atoms with Gasteiger partial charge in [-0.05, 0) is 19.1 Å². The average molecular weight is 291 g/mol. The quantitative estimate of drug-likeness (QED) is 0.862. The molecule has 7 heteroatoms. The first-order valence-electron chi connectivity index (χ1n) is 5.84. The Labute approximate surface area is 119 Å². The van der Waals surface area contributed by atoms with Crippen LogP contribution in [0.15, 0.2) is 24.5 Å². The van der Waals surface area contributed by atoms with Gasteiger partial charge in [0.2, 0.25) is 0 Å². The van der Waals surface area contributed by atoms with Gasteiger partial charge in [0, 0.05) is 18.0 Å². The van der Waals surface area contributed by atoms with Gasteiger partial charge in [-0.1, -0.05) is 0 Å². The van der Waals surface area contributed by atoms with E-state index in [1.165, 1.54) is 18.4 Å². The number of nitrogens with zero attached hydrogens (tertiary/aromatic N) is 2. The first-order chi connectivity index (χ1) is 9.61. The molecule has 0 bridgehead atoms. The molecule has 2 heterocycles. The van der Waals surface area contributed by atoms with Crippen molar-refractivity contribution in [2.75, 3.05) is 13.7 Å². The zero-order valence-corrected chi connectivity index (χ0v) is 11.9. The molecule has 20 heavy (non-hydrogen) atoms. The fraction of sp³-hybridized carbons (Fsp3) is 0.231. The number of aryl methyl sites for hydroxylation is 1. The molecule has 0 unspecified atom stereocenters. The fourth-order valence-electron chi connectivity index (χ4n) is 1.53. The molecule has 2 aromatic rings. The summed E-state index contributed by atoms with van der Waals surface area (Å²) in [4.78, 5) is 31.8. The number of pyridine rings is 1. The van der Waals surface area contributed by atoms with Crippen molar-refractivity contribution in [3.63, 3.8) is 0 Å². The van der Waals surface area contributed by atoms with Gasteiger partial charge >= 0.3 is 5.97 Å². The van der Waals surface area contributed by atoms with Crippen molar-refractivity contribution in [3.8, 4) is 10.6 Å². The minimum atomic E-state index is -0.491. The highest BCUT2D eigenvalue weighted by Crippen LogP contribution is 2.27. The van der Waals surface area contributed by atoms with E-state index in [1.807, 2.05) is 12.1 Å². The number of hydrogen-bond donors (Lipinski definition) is 1. The second-order valence-corrected chi connectivity index (χ2v) is 4.93. The normalized spacial score (nSPS) is 10.1. The van der Waals surface area contributed by atoms with Crippen LogP contribution >= 0.6 is 11.3 Å². The highest BCUT2D eigenvalue weighted by atomic mass is 32.1. The molecule has 0 atom stereocenters. The van der Waals surface area contributed by atoms with Crippen molar-refractivity contribution in [2.45, 2.75) is 6.92 Å². The SMILES string of the molecule is COC(=O)CNC(=O)c1sc(-c2ccncc2)nc1C. The molecule has 0 saturated carbocycles. The van der Waals surface area contributed by atoms with Crippen LogP contribution in [0.2, 0.25) is 0 Å². The summed E-state index contributed by atoms with van der Waals surface area (Å²) < 4.78 is 4.47. The van der Waals surface area contributed by atoms with E-state index in [0.29, 0.717) is 10.6 Å². The Bertz CT molecular complexity index is 625. The topological polar surface area (TPSA) is 81.2 Å². The fourth-order valence-corrected chi connectivity index (χ4v) is 2.52. The first-order valence-corrected chi connectivity index (χ1v) is 6.66. The lowest BCUT2D eigenvalue weighted by atomic mass is 10.3. The van der Waals surface area contributed by atoms with Gasteiger partial charge in [0.15, 0.2) is 0 Å². The maximum absolute atomic E-state index is 12.0. The predicted octanol–water partition coefficient (Wildman–Crippen LogP) is 1.42. The van der Waals surface area contributed by atoms with Crippen LogP contribution in [-0.4, -0.2) is 35.5 Å². The lowest BCUT2D eigenvalue weighted by Crippen LogP contribution is -2.29. The van der Waals surface area contributed by atoms with E-state index in [9.17, 15) is 9.59 Å². The number of carbonyl (C=O) groups is 2. The first kappa shape index (κ1) is 14.1. The van der Waals surface area contributed by atoms with Crippen molar-refractivity contribution >= 4 is 23.2 Å². The van der Waals surface area contributed by atoms with E-state index < -0.39 is 5.97 Å². The van der Waals surface area contributed by atoms with Crippen molar-refractivity contribution in [3.05, 3.63) is 35.1 Å². The monoisotopic (exact) mass is 291 g/mol. The standard InChI is InChI=1S/C13H13N3O3S/c1-8-11(12(18)15-7-10(17)19-2)20-13(16-8)9-3-5-14-6-4-9/h3-6H,7H2,1-2H3,(H,15,18). The summed E-state index contributed by atoms with van der Waals surface area (Å²) in [5, 5.41) is 3.24. The summed E-state index contributed by atoms with van der Waals surface area (Å²) in [6.07, 6.45) is 3.34. The summed E-state index contributed by atoms with van der Waals surface area (Å²) in [6.45, 7) is 1.60. The highest BCUT2D eigenvalue weighted by molar-refractivity contribution is 7.17. The van der Waals surface area contributed by atoms with Crippen LogP contribution < -0.4 is 5.32 Å². The van der Waals surface area contributed by atoms with Gasteiger partial charge in [0.1, 0.15) is 16.4 Å². The molecule has 104 valence electrons. The molecular weight excluding hydrogens is 278 g/mol. The second-order valence-electron chi connectivity index (χ2n) is 3.93. The van der Waals surface area contributed by atoms with Crippen LogP contribution in [0.4, 0.5) is 0 Å². The van der Waals surface area contributed by atoms with E-state index in [4.69, 9.17) is 0 Å². The maximum atomic E-state index is 12.0. The smallest absolute Gasteiger partial charge is 0.325 e. The maximum Gasteiger partial charge on any atom is 0.325 e. The molecule has 0 saturated heterocycles. The molecule has 2 aromatic heterocycles. The Morgan fingerprint density at radius 1 is 1.35 bits per heavy atom.